The van der Waals surface area contributed by atoms with Crippen LogP contribution in [0.15, 0.2) is 42.5 Å². The number of aromatic nitrogens is 1. The molecule has 2 aromatic carbocycles. The van der Waals surface area contributed by atoms with Crippen LogP contribution in [0.1, 0.15) is 86.0 Å². The molecule has 3 fully saturated rings. The fourth-order valence-electron chi connectivity index (χ4n) is 8.38. The van der Waals surface area contributed by atoms with Crippen LogP contribution in [0.25, 0.3) is 22.2 Å². The molecule has 1 saturated heterocycles. The van der Waals surface area contributed by atoms with Crippen molar-refractivity contribution in [1.29, 1.82) is 0 Å². The van der Waals surface area contributed by atoms with Crippen molar-refractivity contribution in [3.8, 4) is 11.3 Å². The van der Waals surface area contributed by atoms with Crippen LogP contribution in [0.2, 0.25) is 0 Å². The van der Waals surface area contributed by atoms with Gasteiger partial charge in [0.1, 0.15) is 0 Å². The van der Waals surface area contributed by atoms with Crippen molar-refractivity contribution in [1.82, 2.24) is 9.47 Å². The number of anilines is 1. The number of likely N-dealkylation sites (tertiary alicyclic amines) is 1. The van der Waals surface area contributed by atoms with Crippen LogP contribution < -0.4 is 4.90 Å². The Labute approximate surface area is 249 Å². The third-order valence-electron chi connectivity index (χ3n) is 10.4. The molecule has 7 rings (SSSR count). The molecule has 6 nitrogen and oxygen atoms in total. The van der Waals surface area contributed by atoms with Gasteiger partial charge in [-0.1, -0.05) is 62.8 Å². The number of rotatable bonds is 4. The van der Waals surface area contributed by atoms with E-state index in [9.17, 15) is 14.7 Å². The highest BCUT2D eigenvalue weighted by Crippen LogP contribution is 2.47. The number of aromatic carboxylic acids is 1. The second kappa shape index (κ2) is 11.7. The molecule has 2 atom stereocenters. The second-order valence-electron chi connectivity index (χ2n) is 12.7. The van der Waals surface area contributed by atoms with E-state index in [1.54, 1.807) is 6.07 Å². The van der Waals surface area contributed by atoms with Gasteiger partial charge in [0.2, 0.25) is 5.91 Å². The van der Waals surface area contributed by atoms with E-state index in [4.69, 9.17) is 0 Å². The van der Waals surface area contributed by atoms with Gasteiger partial charge >= 0.3 is 5.97 Å². The summed E-state index contributed by atoms with van der Waals surface area (Å²) >= 11 is 0. The molecular formula is C34H42ClN3O3. The molecule has 41 heavy (non-hydrogen) atoms. The standard InChI is InChI=1S/C34H41N3O3.ClH/c38-31(36-17-16-23-8-4-5-11-26(23)21-36)22-35-18-19-37-30-20-25(34(39)40)14-15-27(30)32(24-9-2-1-3-10-24)33(37)28-12-6-7-13-29(28)35;/h6-7,12-15,20,23-24,26H,1-5,8-11,16-19,21-22H2,(H,39,40);1H. The lowest BCUT2D eigenvalue weighted by Crippen LogP contribution is -2.48. The van der Waals surface area contributed by atoms with Crippen LogP contribution in [-0.2, 0) is 11.3 Å². The third kappa shape index (κ3) is 5.13. The number of carbonyl (C=O) groups excluding carboxylic acids is 1. The number of hydrogen-bond donors (Lipinski definition) is 1. The van der Waals surface area contributed by atoms with Crippen LogP contribution >= 0.6 is 12.4 Å². The molecular weight excluding hydrogens is 534 g/mol. The number of hydrogen-bond acceptors (Lipinski definition) is 3. The van der Waals surface area contributed by atoms with Crippen LogP contribution in [0.5, 0.6) is 0 Å². The smallest absolute Gasteiger partial charge is 0.335 e. The van der Waals surface area contributed by atoms with Gasteiger partial charge in [-0.2, -0.15) is 0 Å². The van der Waals surface area contributed by atoms with E-state index >= 15 is 0 Å². The molecule has 7 heteroatoms. The molecule has 2 aliphatic heterocycles. The second-order valence-corrected chi connectivity index (χ2v) is 12.7. The Morgan fingerprint density at radius 2 is 1.59 bits per heavy atom. The van der Waals surface area contributed by atoms with Gasteiger partial charge < -0.3 is 19.5 Å². The van der Waals surface area contributed by atoms with Gasteiger partial charge in [-0.05, 0) is 67.2 Å². The van der Waals surface area contributed by atoms with E-state index in [0.717, 1.165) is 49.7 Å². The summed E-state index contributed by atoms with van der Waals surface area (Å²) in [6, 6.07) is 14.3. The highest BCUT2D eigenvalue weighted by atomic mass is 35.5. The highest BCUT2D eigenvalue weighted by molar-refractivity contribution is 6.00. The Morgan fingerprint density at radius 1 is 0.829 bits per heavy atom. The Kier molecular flexibility index (Phi) is 8.04. The summed E-state index contributed by atoms with van der Waals surface area (Å²) < 4.78 is 2.36. The number of nitrogens with zero attached hydrogens (tertiary/aromatic N) is 3. The van der Waals surface area contributed by atoms with Crippen molar-refractivity contribution in [2.24, 2.45) is 11.8 Å². The van der Waals surface area contributed by atoms with Gasteiger partial charge in [0.15, 0.2) is 0 Å². The lowest BCUT2D eigenvalue weighted by atomic mass is 9.75. The number of halogens is 1. The van der Waals surface area contributed by atoms with Gasteiger partial charge in [0.25, 0.3) is 0 Å². The molecule has 218 valence electrons. The van der Waals surface area contributed by atoms with Crippen LogP contribution in [0.4, 0.5) is 5.69 Å². The van der Waals surface area contributed by atoms with Gasteiger partial charge in [-0.15, -0.1) is 12.4 Å². The normalized spacial score (nSPS) is 22.7. The lowest BCUT2D eigenvalue weighted by molar-refractivity contribution is -0.132. The molecule has 2 unspecified atom stereocenters. The zero-order chi connectivity index (χ0) is 27.2. The van der Waals surface area contributed by atoms with Crippen molar-refractivity contribution in [2.45, 2.75) is 76.7 Å². The average Bonchev–Trinajstić information content (AvgIpc) is 3.23. The molecule has 2 aliphatic carbocycles. The maximum atomic E-state index is 13.7. The summed E-state index contributed by atoms with van der Waals surface area (Å²) in [7, 11) is 0. The largest absolute Gasteiger partial charge is 0.478 e. The highest BCUT2D eigenvalue weighted by Gasteiger charge is 2.35. The first-order chi connectivity index (χ1) is 19.6. The minimum Gasteiger partial charge on any atom is -0.478 e. The first kappa shape index (κ1) is 28.1. The molecule has 4 aliphatic rings. The molecule has 0 spiro atoms. The molecule has 2 saturated carbocycles. The Balaban J connectivity index is 0.00000302. The molecule has 0 bridgehead atoms. The number of piperidine rings is 1. The van der Waals surface area contributed by atoms with Crippen molar-refractivity contribution in [3.63, 3.8) is 0 Å². The molecule has 0 radical (unpaired) electrons. The fourth-order valence-corrected chi connectivity index (χ4v) is 8.38. The summed E-state index contributed by atoms with van der Waals surface area (Å²) in [5.74, 6) is 1.32. The van der Waals surface area contributed by atoms with E-state index in [-0.39, 0.29) is 18.3 Å². The minimum absolute atomic E-state index is 0. The summed E-state index contributed by atoms with van der Waals surface area (Å²) in [5, 5.41) is 11.0. The Hall–Kier alpha value is -2.99. The fraction of sp³-hybridized carbons (Fsp3) is 0.529. The maximum Gasteiger partial charge on any atom is 0.335 e. The van der Waals surface area contributed by atoms with Gasteiger partial charge in [0.05, 0.1) is 17.8 Å². The zero-order valence-corrected chi connectivity index (χ0v) is 24.7. The summed E-state index contributed by atoms with van der Waals surface area (Å²) in [6.07, 6.45) is 12.5. The maximum absolute atomic E-state index is 13.7. The van der Waals surface area contributed by atoms with E-state index in [1.165, 1.54) is 80.0 Å². The van der Waals surface area contributed by atoms with E-state index < -0.39 is 5.97 Å². The van der Waals surface area contributed by atoms with Crippen LogP contribution in [0.3, 0.4) is 0 Å². The summed E-state index contributed by atoms with van der Waals surface area (Å²) in [4.78, 5) is 30.1. The number of carboxylic acids is 1. The average molecular weight is 576 g/mol. The molecule has 1 aromatic heterocycles. The number of carboxylic acid groups (broad SMARTS) is 1. The molecule has 1 amide bonds. The molecule has 3 aromatic rings. The van der Waals surface area contributed by atoms with Crippen molar-refractivity contribution in [3.05, 3.63) is 53.6 Å². The lowest BCUT2D eigenvalue weighted by Gasteiger charge is -2.42. The zero-order valence-electron chi connectivity index (χ0n) is 23.9. The minimum atomic E-state index is -0.889. The van der Waals surface area contributed by atoms with E-state index in [1.807, 2.05) is 12.1 Å². The predicted molar refractivity (Wildman–Crippen MR) is 166 cm³/mol. The molecule has 3 heterocycles. The van der Waals surface area contributed by atoms with E-state index in [2.05, 4.69) is 38.6 Å². The van der Waals surface area contributed by atoms with Gasteiger partial charge in [-0.3, -0.25) is 4.79 Å². The quantitative estimate of drug-likeness (QED) is 0.353. The third-order valence-corrected chi connectivity index (χ3v) is 10.4. The number of amides is 1. The Bertz CT molecular complexity index is 1440. The SMILES string of the molecule is Cl.O=C(O)c1ccc2c(C3CCCCC3)c3n(c2c1)CCN(CC(=O)N1CCC2CCCCC2C1)c1ccccc1-3. The van der Waals surface area contributed by atoms with Crippen molar-refractivity contribution < 1.29 is 14.7 Å². The van der Waals surface area contributed by atoms with Gasteiger partial charge in [-0.25, -0.2) is 4.79 Å². The Morgan fingerprint density at radius 3 is 2.39 bits per heavy atom. The van der Waals surface area contributed by atoms with Crippen molar-refractivity contribution >= 4 is 40.9 Å². The van der Waals surface area contributed by atoms with E-state index in [0.29, 0.717) is 23.9 Å². The first-order valence-corrected chi connectivity index (χ1v) is 15.6. The number of carbonyl (C=O) groups is 2. The monoisotopic (exact) mass is 575 g/mol. The topological polar surface area (TPSA) is 65.8 Å². The van der Waals surface area contributed by atoms with Crippen LogP contribution in [0, 0.1) is 11.8 Å². The number of fused-ring (bicyclic) bond motifs is 6. The predicted octanol–water partition coefficient (Wildman–Crippen LogP) is 7.33. The molecule has 1 N–H and O–H groups in total. The van der Waals surface area contributed by atoms with Crippen molar-refractivity contribution in [2.75, 3.05) is 31.1 Å². The van der Waals surface area contributed by atoms with Crippen LogP contribution in [-0.4, -0.2) is 52.6 Å². The number of benzene rings is 2. The summed E-state index contributed by atoms with van der Waals surface area (Å²) in [6.45, 7) is 3.67. The number of para-hydroxylation sites is 1. The summed E-state index contributed by atoms with van der Waals surface area (Å²) in [5.41, 5.74) is 6.26. The van der Waals surface area contributed by atoms with Gasteiger partial charge in [0, 0.05) is 48.3 Å². The first-order valence-electron chi connectivity index (χ1n) is 15.6.